The maximum atomic E-state index is 14.0. The Hall–Kier alpha value is -1.72. The largest absolute Gasteiger partial charge is 0.304 e. The molecule has 22 heavy (non-hydrogen) atoms. The van der Waals surface area contributed by atoms with Crippen molar-refractivity contribution < 1.29 is 9.18 Å². The van der Waals surface area contributed by atoms with E-state index in [1.807, 2.05) is 0 Å². The van der Waals surface area contributed by atoms with Gasteiger partial charge in [0.05, 0.1) is 17.8 Å². The molecule has 0 radical (unpaired) electrons. The third kappa shape index (κ3) is 2.16. The molecule has 1 aromatic carbocycles. The Bertz CT molecular complexity index is 729. The first-order chi connectivity index (χ1) is 10.6. The summed E-state index contributed by atoms with van der Waals surface area (Å²) in [5.41, 5.74) is 0.423. The quantitative estimate of drug-likeness (QED) is 0.868. The molecule has 2 aromatic rings. The second-order valence-electron chi connectivity index (χ2n) is 6.01. The van der Waals surface area contributed by atoms with E-state index in [-0.39, 0.29) is 23.8 Å². The molecule has 1 aromatic heterocycles. The van der Waals surface area contributed by atoms with Crippen LogP contribution in [-0.4, -0.2) is 29.4 Å². The van der Waals surface area contributed by atoms with E-state index in [2.05, 4.69) is 24.0 Å². The van der Waals surface area contributed by atoms with Crippen molar-refractivity contribution in [2.24, 2.45) is 0 Å². The zero-order chi connectivity index (χ0) is 15.3. The van der Waals surface area contributed by atoms with Crippen LogP contribution in [0.1, 0.15) is 16.2 Å². The third-order valence-electron chi connectivity index (χ3n) is 4.54. The number of rotatable bonds is 3. The maximum Gasteiger partial charge on any atom is 0.244 e. The van der Waals surface area contributed by atoms with E-state index in [0.29, 0.717) is 5.69 Å². The van der Waals surface area contributed by atoms with Gasteiger partial charge >= 0.3 is 0 Å². The van der Waals surface area contributed by atoms with Gasteiger partial charge in [0.1, 0.15) is 5.82 Å². The predicted octanol–water partition coefficient (Wildman–Crippen LogP) is 3.19. The molecule has 0 aliphatic carbocycles. The highest BCUT2D eigenvalue weighted by Crippen LogP contribution is 2.37. The van der Waals surface area contributed by atoms with Gasteiger partial charge in [0.15, 0.2) is 0 Å². The molecule has 5 heteroatoms. The Morgan fingerprint density at radius 2 is 2.09 bits per heavy atom. The molecule has 3 heterocycles. The number of benzene rings is 1. The number of nitrogens with zero attached hydrogens (tertiary/aromatic N) is 2. The van der Waals surface area contributed by atoms with Crippen LogP contribution >= 0.6 is 11.3 Å². The van der Waals surface area contributed by atoms with Gasteiger partial charge in [-0.25, -0.2) is 4.39 Å². The second-order valence-corrected chi connectivity index (χ2v) is 7.38. The lowest BCUT2D eigenvalue weighted by atomic mass is 10.2. The molecule has 114 valence electrons. The topological polar surface area (TPSA) is 23.6 Å². The Kier molecular flexibility index (Phi) is 3.27. The number of likely N-dealkylation sites (tertiary alicyclic amines) is 1. The minimum atomic E-state index is -0.316. The van der Waals surface area contributed by atoms with Crippen LogP contribution in [0.25, 0.3) is 0 Å². The van der Waals surface area contributed by atoms with Gasteiger partial charge in [0, 0.05) is 22.8 Å². The smallest absolute Gasteiger partial charge is 0.244 e. The molecule has 0 saturated carbocycles. The number of amides is 1. The van der Waals surface area contributed by atoms with Gasteiger partial charge in [-0.1, -0.05) is 12.1 Å². The van der Waals surface area contributed by atoms with Crippen molar-refractivity contribution in [1.29, 1.82) is 0 Å². The summed E-state index contributed by atoms with van der Waals surface area (Å²) in [5.74, 6) is -0.279. The van der Waals surface area contributed by atoms with Gasteiger partial charge in [-0.2, -0.15) is 0 Å². The van der Waals surface area contributed by atoms with E-state index >= 15 is 0 Å². The minimum Gasteiger partial charge on any atom is -0.304 e. The van der Waals surface area contributed by atoms with Gasteiger partial charge in [-0.05, 0) is 37.6 Å². The van der Waals surface area contributed by atoms with Crippen molar-refractivity contribution in [3.63, 3.8) is 0 Å². The lowest BCUT2D eigenvalue weighted by Crippen LogP contribution is -2.50. The Labute approximate surface area is 133 Å². The highest BCUT2D eigenvalue weighted by Gasteiger charge is 2.50. The van der Waals surface area contributed by atoms with Crippen molar-refractivity contribution in [2.45, 2.75) is 32.0 Å². The zero-order valence-electron chi connectivity index (χ0n) is 12.3. The number of para-hydroxylation sites is 1. The molecule has 2 fully saturated rings. The molecule has 2 aliphatic heterocycles. The SMILES string of the molecule is Cc1ccc(CN2C[C@@H]3C[C@H]2C(=O)N3c2ccccc2F)s1. The fraction of sp³-hybridized carbons (Fsp3) is 0.353. The molecule has 4 rings (SSSR count). The first kappa shape index (κ1) is 13.9. The lowest BCUT2D eigenvalue weighted by Gasteiger charge is -2.33. The Balaban J connectivity index is 1.54. The molecule has 0 unspecified atom stereocenters. The fourth-order valence-electron chi connectivity index (χ4n) is 3.57. The number of anilines is 1. The number of hydrogen-bond donors (Lipinski definition) is 0. The zero-order valence-corrected chi connectivity index (χ0v) is 13.1. The molecule has 2 atom stereocenters. The number of thiophene rings is 1. The molecular weight excluding hydrogens is 299 g/mol. The molecule has 0 N–H and O–H groups in total. The summed E-state index contributed by atoms with van der Waals surface area (Å²) < 4.78 is 14.0. The molecule has 0 spiro atoms. The van der Waals surface area contributed by atoms with Crippen LogP contribution in [-0.2, 0) is 11.3 Å². The predicted molar refractivity (Wildman–Crippen MR) is 85.5 cm³/mol. The molecule has 2 bridgehead atoms. The summed E-state index contributed by atoms with van der Waals surface area (Å²) in [6.07, 6.45) is 0.803. The number of carbonyl (C=O) groups is 1. The van der Waals surface area contributed by atoms with Gasteiger partial charge in [-0.15, -0.1) is 11.3 Å². The fourth-order valence-corrected chi connectivity index (χ4v) is 4.49. The summed E-state index contributed by atoms with van der Waals surface area (Å²) in [7, 11) is 0. The first-order valence-corrected chi connectivity index (χ1v) is 8.32. The normalized spacial score (nSPS) is 24.5. The Morgan fingerprint density at radius 3 is 2.77 bits per heavy atom. The van der Waals surface area contributed by atoms with Crippen LogP contribution in [0.2, 0.25) is 0 Å². The number of hydrogen-bond acceptors (Lipinski definition) is 3. The summed E-state index contributed by atoms with van der Waals surface area (Å²) in [6.45, 7) is 3.73. The van der Waals surface area contributed by atoms with Crippen LogP contribution in [0.4, 0.5) is 10.1 Å². The van der Waals surface area contributed by atoms with Crippen molar-refractivity contribution in [1.82, 2.24) is 4.90 Å². The van der Waals surface area contributed by atoms with Crippen LogP contribution in [0.5, 0.6) is 0 Å². The highest BCUT2D eigenvalue weighted by atomic mass is 32.1. The molecule has 3 nitrogen and oxygen atoms in total. The number of fused-ring (bicyclic) bond motifs is 2. The average Bonchev–Trinajstić information content (AvgIpc) is 3.15. The van der Waals surface area contributed by atoms with Crippen LogP contribution in [0.15, 0.2) is 36.4 Å². The standard InChI is InChI=1S/C17H17FN2OS/c1-11-6-7-13(22-11)10-19-9-12-8-16(19)17(21)20(12)15-5-3-2-4-14(15)18/h2-7,12,16H,8-10H2,1H3/t12-,16-/m0/s1. The van der Waals surface area contributed by atoms with Crippen LogP contribution < -0.4 is 4.90 Å². The average molecular weight is 316 g/mol. The summed E-state index contributed by atoms with van der Waals surface area (Å²) in [6, 6.07) is 10.8. The van der Waals surface area contributed by atoms with E-state index < -0.39 is 0 Å². The molecule has 2 saturated heterocycles. The van der Waals surface area contributed by atoms with E-state index in [9.17, 15) is 9.18 Å². The first-order valence-electron chi connectivity index (χ1n) is 7.50. The minimum absolute atomic E-state index is 0.0367. The van der Waals surface area contributed by atoms with Gasteiger partial charge < -0.3 is 4.90 Å². The molecule has 2 aliphatic rings. The number of halogens is 1. The van der Waals surface area contributed by atoms with Gasteiger partial charge in [-0.3, -0.25) is 9.69 Å². The number of aryl methyl sites for hydroxylation is 1. The van der Waals surface area contributed by atoms with E-state index in [4.69, 9.17) is 0 Å². The summed E-state index contributed by atoms with van der Waals surface area (Å²) in [5, 5.41) is 0. The summed E-state index contributed by atoms with van der Waals surface area (Å²) in [4.78, 5) is 19.1. The lowest BCUT2D eigenvalue weighted by molar-refractivity contribution is -0.122. The van der Waals surface area contributed by atoms with Crippen LogP contribution in [0, 0.1) is 12.7 Å². The van der Waals surface area contributed by atoms with Gasteiger partial charge in [0.25, 0.3) is 0 Å². The highest BCUT2D eigenvalue weighted by molar-refractivity contribution is 7.11. The van der Waals surface area contributed by atoms with Gasteiger partial charge in [0.2, 0.25) is 5.91 Å². The monoisotopic (exact) mass is 316 g/mol. The summed E-state index contributed by atoms with van der Waals surface area (Å²) >= 11 is 1.78. The number of carbonyl (C=O) groups excluding carboxylic acids is 1. The third-order valence-corrected chi connectivity index (χ3v) is 5.52. The van der Waals surface area contributed by atoms with E-state index in [1.54, 1.807) is 34.4 Å². The van der Waals surface area contributed by atoms with Crippen molar-refractivity contribution >= 4 is 22.9 Å². The molecule has 1 amide bonds. The molecular formula is C17H17FN2OS. The van der Waals surface area contributed by atoms with Crippen LogP contribution in [0.3, 0.4) is 0 Å². The number of piperazine rings is 1. The van der Waals surface area contributed by atoms with E-state index in [1.165, 1.54) is 15.8 Å². The van der Waals surface area contributed by atoms with Crippen molar-refractivity contribution in [2.75, 3.05) is 11.4 Å². The van der Waals surface area contributed by atoms with Crippen molar-refractivity contribution in [3.05, 3.63) is 52.0 Å². The van der Waals surface area contributed by atoms with E-state index in [0.717, 1.165) is 19.5 Å². The second kappa shape index (κ2) is 5.18. The maximum absolute atomic E-state index is 14.0. The Morgan fingerprint density at radius 1 is 1.27 bits per heavy atom. The van der Waals surface area contributed by atoms with Crippen molar-refractivity contribution in [3.8, 4) is 0 Å².